The molecule has 0 unspecified atom stereocenters. The minimum absolute atomic E-state index is 0.0681. The first-order chi connectivity index (χ1) is 11.5. The van der Waals surface area contributed by atoms with Crippen LogP contribution in [-0.2, 0) is 9.63 Å². The molecule has 8 nitrogen and oxygen atoms in total. The van der Waals surface area contributed by atoms with Gasteiger partial charge in [0.25, 0.3) is 5.91 Å². The summed E-state index contributed by atoms with van der Waals surface area (Å²) in [5.74, 6) is -1.18. The molecular weight excluding hydrogens is 312 g/mol. The van der Waals surface area contributed by atoms with Crippen molar-refractivity contribution >= 4 is 17.7 Å². The summed E-state index contributed by atoms with van der Waals surface area (Å²) in [5.41, 5.74) is 2.84. The van der Waals surface area contributed by atoms with Crippen LogP contribution in [0, 0.1) is 11.3 Å². The number of nitrogens with one attached hydrogen (secondary N) is 2. The Bertz CT molecular complexity index is 652. The Labute approximate surface area is 140 Å². The highest BCUT2D eigenvalue weighted by Gasteiger charge is 2.17. The molecule has 0 bridgehead atoms. The maximum absolute atomic E-state index is 12.4. The second-order valence-corrected chi connectivity index (χ2v) is 4.90. The third-order valence-electron chi connectivity index (χ3n) is 3.29. The van der Waals surface area contributed by atoms with Crippen molar-refractivity contribution in [1.82, 2.24) is 10.2 Å². The van der Waals surface area contributed by atoms with Crippen LogP contribution in [0.25, 0.3) is 6.08 Å². The number of phenols is 2. The lowest BCUT2D eigenvalue weighted by Gasteiger charge is -2.20. The quantitative estimate of drug-likeness (QED) is 0.243. The summed E-state index contributed by atoms with van der Waals surface area (Å²) in [7, 11) is 3.13. The van der Waals surface area contributed by atoms with Crippen molar-refractivity contribution in [1.29, 1.82) is 5.26 Å². The summed E-state index contributed by atoms with van der Waals surface area (Å²) in [5, 5.41) is 31.7. The zero-order chi connectivity index (χ0) is 18.1. The van der Waals surface area contributed by atoms with Crippen molar-refractivity contribution < 1.29 is 19.8 Å². The number of phenolic OH excluding ortho intramolecular Hbond substituents is 2. The fourth-order valence-electron chi connectivity index (χ4n) is 2.04. The van der Waals surface area contributed by atoms with Crippen LogP contribution in [0.5, 0.6) is 11.5 Å². The molecule has 1 amide bonds. The molecule has 1 aromatic carbocycles. The fourth-order valence-corrected chi connectivity index (χ4v) is 2.04. The third kappa shape index (κ3) is 4.87. The van der Waals surface area contributed by atoms with Crippen LogP contribution in [0.4, 0.5) is 5.69 Å². The van der Waals surface area contributed by atoms with Gasteiger partial charge in [0, 0.05) is 19.6 Å². The van der Waals surface area contributed by atoms with Crippen molar-refractivity contribution in [3.05, 3.63) is 23.3 Å². The van der Waals surface area contributed by atoms with E-state index in [0.717, 1.165) is 0 Å². The van der Waals surface area contributed by atoms with Gasteiger partial charge in [-0.2, -0.15) is 5.26 Å². The van der Waals surface area contributed by atoms with Gasteiger partial charge in [-0.25, -0.2) is 0 Å². The summed E-state index contributed by atoms with van der Waals surface area (Å²) in [6.07, 6.45) is 1.35. The normalized spacial score (nSPS) is 11.0. The maximum Gasteiger partial charge on any atom is 0.264 e. The van der Waals surface area contributed by atoms with E-state index < -0.39 is 11.7 Å². The highest BCUT2D eigenvalue weighted by atomic mass is 16.6. The van der Waals surface area contributed by atoms with Crippen molar-refractivity contribution in [2.45, 2.75) is 6.92 Å². The van der Waals surface area contributed by atoms with Crippen LogP contribution >= 0.6 is 0 Å². The molecule has 0 aliphatic rings. The molecule has 8 heteroatoms. The SMILES string of the molecule is CCN(CCNC)C(=O)/C(C#N)=C/c1cc(O)c(O)c(NOC)c1. The smallest absolute Gasteiger partial charge is 0.264 e. The fraction of sp³-hybridized carbons (Fsp3) is 0.375. The van der Waals surface area contributed by atoms with Gasteiger partial charge in [-0.3, -0.25) is 15.1 Å². The van der Waals surface area contributed by atoms with Crippen LogP contribution in [0.15, 0.2) is 17.7 Å². The molecule has 0 aliphatic carbocycles. The van der Waals surface area contributed by atoms with E-state index >= 15 is 0 Å². The number of amides is 1. The molecule has 0 saturated carbocycles. The molecule has 0 aromatic heterocycles. The molecule has 4 N–H and O–H groups in total. The lowest BCUT2D eigenvalue weighted by Crippen LogP contribution is -2.36. The molecule has 0 atom stereocenters. The van der Waals surface area contributed by atoms with Crippen LogP contribution in [0.2, 0.25) is 0 Å². The van der Waals surface area contributed by atoms with Gasteiger partial charge in [-0.05, 0) is 37.7 Å². The molecule has 0 radical (unpaired) electrons. The molecular formula is C16H22N4O4. The van der Waals surface area contributed by atoms with Crippen LogP contribution in [0.3, 0.4) is 0 Å². The molecule has 0 aliphatic heterocycles. The molecule has 0 spiro atoms. The van der Waals surface area contributed by atoms with Crippen molar-refractivity contribution in [2.75, 3.05) is 39.3 Å². The van der Waals surface area contributed by atoms with Gasteiger partial charge in [0.2, 0.25) is 0 Å². The lowest BCUT2D eigenvalue weighted by atomic mass is 10.1. The summed E-state index contributed by atoms with van der Waals surface area (Å²) in [4.78, 5) is 18.7. The second kappa shape index (κ2) is 9.39. The zero-order valence-corrected chi connectivity index (χ0v) is 14.0. The van der Waals surface area contributed by atoms with Gasteiger partial charge < -0.3 is 20.4 Å². The average molecular weight is 334 g/mol. The topological polar surface area (TPSA) is 118 Å². The van der Waals surface area contributed by atoms with Gasteiger partial charge in [-0.15, -0.1) is 0 Å². The molecule has 0 heterocycles. The number of anilines is 1. The van der Waals surface area contributed by atoms with E-state index in [1.807, 2.05) is 13.0 Å². The minimum Gasteiger partial charge on any atom is -0.504 e. The lowest BCUT2D eigenvalue weighted by molar-refractivity contribution is -0.126. The van der Waals surface area contributed by atoms with Crippen LogP contribution in [-0.4, -0.2) is 54.8 Å². The number of likely N-dealkylation sites (N-methyl/N-ethyl adjacent to an activating group) is 2. The zero-order valence-electron chi connectivity index (χ0n) is 14.0. The summed E-state index contributed by atoms with van der Waals surface area (Å²) in [6, 6.07) is 4.59. The van der Waals surface area contributed by atoms with Gasteiger partial charge in [0.1, 0.15) is 17.3 Å². The third-order valence-corrected chi connectivity index (χ3v) is 3.29. The number of carbonyl (C=O) groups is 1. The number of aromatic hydroxyl groups is 2. The molecule has 0 saturated heterocycles. The highest BCUT2D eigenvalue weighted by Crippen LogP contribution is 2.35. The Morgan fingerprint density at radius 2 is 2.17 bits per heavy atom. The van der Waals surface area contributed by atoms with Gasteiger partial charge >= 0.3 is 0 Å². The number of hydrogen-bond donors (Lipinski definition) is 4. The van der Waals surface area contributed by atoms with E-state index in [1.165, 1.54) is 25.3 Å². The number of rotatable bonds is 8. The molecule has 1 aromatic rings. The number of carbonyl (C=O) groups excluding carboxylic acids is 1. The van der Waals surface area contributed by atoms with E-state index in [2.05, 4.69) is 10.8 Å². The van der Waals surface area contributed by atoms with E-state index in [-0.39, 0.29) is 17.0 Å². The Balaban J connectivity index is 3.15. The molecule has 1 rings (SSSR count). The average Bonchev–Trinajstić information content (AvgIpc) is 2.57. The Morgan fingerprint density at radius 1 is 1.46 bits per heavy atom. The van der Waals surface area contributed by atoms with Gasteiger partial charge in [0.05, 0.1) is 7.11 Å². The number of nitrogens with zero attached hydrogens (tertiary/aromatic N) is 2. The van der Waals surface area contributed by atoms with E-state index in [4.69, 9.17) is 4.84 Å². The summed E-state index contributed by atoms with van der Waals surface area (Å²) in [6.45, 7) is 3.38. The standard InChI is InChI=1S/C16H22N4O4/c1-4-20(6-5-18-2)16(23)12(10-17)7-11-8-13(19-24-3)15(22)14(21)9-11/h7-9,18-19,21-22H,4-6H2,1-3H3/b12-7+. The van der Waals surface area contributed by atoms with Crippen LogP contribution < -0.4 is 10.8 Å². The molecule has 0 fully saturated rings. The van der Waals surface area contributed by atoms with Gasteiger partial charge in [-0.1, -0.05) is 0 Å². The second-order valence-electron chi connectivity index (χ2n) is 4.90. The van der Waals surface area contributed by atoms with E-state index in [9.17, 15) is 20.3 Å². The monoisotopic (exact) mass is 334 g/mol. The van der Waals surface area contributed by atoms with Crippen LogP contribution in [0.1, 0.15) is 12.5 Å². The maximum atomic E-state index is 12.4. The van der Waals surface area contributed by atoms with Gasteiger partial charge in [0.15, 0.2) is 11.5 Å². The van der Waals surface area contributed by atoms with E-state index in [0.29, 0.717) is 25.2 Å². The molecule has 130 valence electrons. The number of hydrogen-bond acceptors (Lipinski definition) is 7. The van der Waals surface area contributed by atoms with Crippen molar-refractivity contribution in [3.8, 4) is 17.6 Å². The minimum atomic E-state index is -0.399. The predicted octanol–water partition coefficient (Wildman–Crippen LogP) is 1.05. The van der Waals surface area contributed by atoms with Crippen molar-refractivity contribution in [2.24, 2.45) is 0 Å². The van der Waals surface area contributed by atoms with Crippen molar-refractivity contribution in [3.63, 3.8) is 0 Å². The first-order valence-corrected chi connectivity index (χ1v) is 7.39. The molecule has 24 heavy (non-hydrogen) atoms. The largest absolute Gasteiger partial charge is 0.504 e. The number of nitriles is 1. The highest BCUT2D eigenvalue weighted by molar-refractivity contribution is 6.01. The predicted molar refractivity (Wildman–Crippen MR) is 90.2 cm³/mol. The van der Waals surface area contributed by atoms with E-state index in [1.54, 1.807) is 11.9 Å². The summed E-state index contributed by atoms with van der Waals surface area (Å²) < 4.78 is 0. The first kappa shape index (κ1) is 19.3. The number of benzene rings is 1. The summed E-state index contributed by atoms with van der Waals surface area (Å²) >= 11 is 0. The Kier molecular flexibility index (Phi) is 7.55. The first-order valence-electron chi connectivity index (χ1n) is 7.39. The Hall–Kier alpha value is -2.76. The Morgan fingerprint density at radius 3 is 2.71 bits per heavy atom.